The Balaban J connectivity index is 3.27. The number of hydrogen-bond acceptors (Lipinski definition) is 4. The highest BCUT2D eigenvalue weighted by Gasteiger charge is 2.31. The lowest BCUT2D eigenvalue weighted by Gasteiger charge is -2.27. The van der Waals surface area contributed by atoms with E-state index in [1.807, 2.05) is 0 Å². The monoisotopic (exact) mass is 291 g/mol. The molecular weight excluding hydrogens is 275 g/mol. The number of nitrogens with two attached hydrogens (primary N) is 1. The van der Waals surface area contributed by atoms with Crippen LogP contribution in [0, 0.1) is 6.92 Å². The zero-order valence-electron chi connectivity index (χ0n) is 10.9. The van der Waals surface area contributed by atoms with Gasteiger partial charge in [0.25, 0.3) is 0 Å². The molecule has 1 rings (SSSR count). The molecular formula is C12H16F3N3O2. The molecule has 0 amide bonds. The summed E-state index contributed by atoms with van der Waals surface area (Å²) in [4.78, 5) is 0.945. The molecule has 0 radical (unpaired) electrons. The van der Waals surface area contributed by atoms with Gasteiger partial charge in [-0.25, -0.2) is 0 Å². The normalized spacial score (nSPS) is 12.6. The summed E-state index contributed by atoms with van der Waals surface area (Å²) < 4.78 is 37.8. The van der Waals surface area contributed by atoms with Gasteiger partial charge in [-0.05, 0) is 24.6 Å². The van der Waals surface area contributed by atoms with Crippen molar-refractivity contribution in [2.45, 2.75) is 13.1 Å². The highest BCUT2D eigenvalue weighted by Crippen LogP contribution is 2.26. The minimum absolute atomic E-state index is 0.159. The van der Waals surface area contributed by atoms with Crippen LogP contribution in [0.4, 0.5) is 18.9 Å². The lowest BCUT2D eigenvalue weighted by Crippen LogP contribution is -2.37. The van der Waals surface area contributed by atoms with E-state index < -0.39 is 19.3 Å². The molecule has 0 spiro atoms. The summed E-state index contributed by atoms with van der Waals surface area (Å²) in [5.41, 5.74) is 6.53. The molecule has 0 aliphatic carbocycles. The molecule has 0 unspecified atom stereocenters. The Morgan fingerprint density at radius 3 is 2.55 bits per heavy atom. The molecule has 20 heavy (non-hydrogen) atoms. The van der Waals surface area contributed by atoms with Crippen LogP contribution in [0.2, 0.25) is 0 Å². The Hall–Kier alpha value is -1.96. The first-order valence-electron chi connectivity index (χ1n) is 5.79. The van der Waals surface area contributed by atoms with Gasteiger partial charge in [0.1, 0.15) is 6.54 Å². The highest BCUT2D eigenvalue weighted by atomic mass is 19.4. The number of aliphatic hydroxyl groups excluding tert-OH is 1. The number of oxime groups is 1. The van der Waals surface area contributed by atoms with Crippen molar-refractivity contribution in [2.24, 2.45) is 10.9 Å². The quantitative estimate of drug-likeness (QED) is 0.332. The largest absolute Gasteiger partial charge is 0.409 e. The van der Waals surface area contributed by atoms with E-state index in [1.165, 1.54) is 12.1 Å². The number of rotatable bonds is 5. The Morgan fingerprint density at radius 2 is 2.05 bits per heavy atom. The average Bonchev–Trinajstić information content (AvgIpc) is 2.35. The van der Waals surface area contributed by atoms with Crippen molar-refractivity contribution in [1.82, 2.24) is 0 Å². The fourth-order valence-corrected chi connectivity index (χ4v) is 1.80. The number of aliphatic hydroxyl groups is 1. The molecule has 1 aromatic carbocycles. The number of alkyl halides is 3. The molecule has 112 valence electrons. The van der Waals surface area contributed by atoms with Gasteiger partial charge < -0.3 is 20.9 Å². The molecule has 0 aromatic heterocycles. The van der Waals surface area contributed by atoms with E-state index >= 15 is 0 Å². The minimum Gasteiger partial charge on any atom is -0.409 e. The number of anilines is 1. The molecule has 0 bridgehead atoms. The summed E-state index contributed by atoms with van der Waals surface area (Å²) in [5.74, 6) is -0.287. The predicted molar refractivity (Wildman–Crippen MR) is 69.0 cm³/mol. The van der Waals surface area contributed by atoms with Gasteiger partial charge in [-0.2, -0.15) is 13.2 Å². The number of amidine groups is 1. The molecule has 0 heterocycles. The summed E-state index contributed by atoms with van der Waals surface area (Å²) in [6.07, 6.45) is -4.43. The van der Waals surface area contributed by atoms with Gasteiger partial charge in [-0.1, -0.05) is 11.2 Å². The van der Waals surface area contributed by atoms with E-state index in [0.29, 0.717) is 0 Å². The third kappa shape index (κ3) is 4.30. The number of aryl methyl sites for hydroxylation is 1. The van der Waals surface area contributed by atoms with E-state index in [9.17, 15) is 13.2 Å². The van der Waals surface area contributed by atoms with Crippen molar-refractivity contribution >= 4 is 11.5 Å². The SMILES string of the molecule is Cc1ccc(/C(N)=N/O)c(N(CCO)CC(F)(F)F)c1. The van der Waals surface area contributed by atoms with Crippen LogP contribution in [0.5, 0.6) is 0 Å². The van der Waals surface area contributed by atoms with E-state index in [-0.39, 0.29) is 23.6 Å². The summed E-state index contributed by atoms with van der Waals surface area (Å²) in [6, 6.07) is 4.61. The molecule has 0 aliphatic rings. The summed E-state index contributed by atoms with van der Waals surface area (Å²) in [6.45, 7) is -0.179. The third-order valence-corrected chi connectivity index (χ3v) is 2.62. The van der Waals surface area contributed by atoms with Crippen molar-refractivity contribution in [3.05, 3.63) is 29.3 Å². The van der Waals surface area contributed by atoms with Gasteiger partial charge in [0.15, 0.2) is 5.84 Å². The Labute approximate surface area is 114 Å². The van der Waals surface area contributed by atoms with Crippen molar-refractivity contribution < 1.29 is 23.5 Å². The van der Waals surface area contributed by atoms with Crippen molar-refractivity contribution in [3.63, 3.8) is 0 Å². The van der Waals surface area contributed by atoms with Crippen LogP contribution in [0.15, 0.2) is 23.4 Å². The maximum Gasteiger partial charge on any atom is 0.405 e. The van der Waals surface area contributed by atoms with Crippen LogP contribution in [0.3, 0.4) is 0 Å². The average molecular weight is 291 g/mol. The topological polar surface area (TPSA) is 82.1 Å². The molecule has 0 atom stereocenters. The number of nitrogens with zero attached hydrogens (tertiary/aromatic N) is 2. The van der Waals surface area contributed by atoms with Crippen molar-refractivity contribution in [2.75, 3.05) is 24.6 Å². The predicted octanol–water partition coefficient (Wildman–Crippen LogP) is 1.45. The van der Waals surface area contributed by atoms with Gasteiger partial charge in [0, 0.05) is 17.8 Å². The zero-order valence-corrected chi connectivity index (χ0v) is 10.9. The van der Waals surface area contributed by atoms with E-state index in [1.54, 1.807) is 13.0 Å². The fourth-order valence-electron chi connectivity index (χ4n) is 1.80. The zero-order chi connectivity index (χ0) is 15.3. The van der Waals surface area contributed by atoms with E-state index in [2.05, 4.69) is 5.16 Å². The van der Waals surface area contributed by atoms with Crippen molar-refractivity contribution in [1.29, 1.82) is 0 Å². The van der Waals surface area contributed by atoms with Crippen molar-refractivity contribution in [3.8, 4) is 0 Å². The molecule has 0 aliphatic heterocycles. The first-order chi connectivity index (χ1) is 9.28. The first-order valence-corrected chi connectivity index (χ1v) is 5.79. The lowest BCUT2D eigenvalue weighted by atomic mass is 10.1. The Morgan fingerprint density at radius 1 is 1.40 bits per heavy atom. The van der Waals surface area contributed by atoms with Crippen LogP contribution >= 0.6 is 0 Å². The number of halogens is 3. The second-order valence-corrected chi connectivity index (χ2v) is 4.27. The standard InChI is InChI=1S/C12H16F3N3O2/c1-8-2-3-9(11(16)17-20)10(6-8)18(4-5-19)7-12(13,14)15/h2-3,6,19-20H,4-5,7H2,1H3,(H2,16,17). The van der Waals surface area contributed by atoms with Gasteiger partial charge >= 0.3 is 6.18 Å². The maximum atomic E-state index is 12.6. The minimum atomic E-state index is -4.43. The van der Waals surface area contributed by atoms with Crippen LogP contribution in [-0.2, 0) is 0 Å². The smallest absolute Gasteiger partial charge is 0.405 e. The number of benzene rings is 1. The summed E-state index contributed by atoms with van der Waals surface area (Å²) in [5, 5.41) is 20.4. The highest BCUT2D eigenvalue weighted by molar-refractivity contribution is 6.02. The van der Waals surface area contributed by atoms with Crippen LogP contribution in [-0.4, -0.2) is 42.0 Å². The molecule has 8 heteroatoms. The molecule has 1 aromatic rings. The summed E-state index contributed by atoms with van der Waals surface area (Å²) >= 11 is 0. The van der Waals surface area contributed by atoms with Crippen LogP contribution < -0.4 is 10.6 Å². The van der Waals surface area contributed by atoms with Gasteiger partial charge in [-0.3, -0.25) is 0 Å². The number of hydrogen-bond donors (Lipinski definition) is 3. The van der Waals surface area contributed by atoms with Gasteiger partial charge in [0.2, 0.25) is 0 Å². The fraction of sp³-hybridized carbons (Fsp3) is 0.417. The van der Waals surface area contributed by atoms with Crippen LogP contribution in [0.1, 0.15) is 11.1 Å². The maximum absolute atomic E-state index is 12.6. The molecule has 4 N–H and O–H groups in total. The van der Waals surface area contributed by atoms with Gasteiger partial charge in [-0.15, -0.1) is 0 Å². The van der Waals surface area contributed by atoms with E-state index in [4.69, 9.17) is 16.0 Å². The summed E-state index contributed by atoms with van der Waals surface area (Å²) in [7, 11) is 0. The lowest BCUT2D eigenvalue weighted by molar-refractivity contribution is -0.119. The molecule has 5 nitrogen and oxygen atoms in total. The first kappa shape index (κ1) is 16.1. The van der Waals surface area contributed by atoms with Crippen LogP contribution in [0.25, 0.3) is 0 Å². The van der Waals surface area contributed by atoms with Gasteiger partial charge in [0.05, 0.1) is 6.61 Å². The molecule has 0 fully saturated rings. The third-order valence-electron chi connectivity index (χ3n) is 2.62. The second-order valence-electron chi connectivity index (χ2n) is 4.27. The Bertz CT molecular complexity index is 489. The Kier molecular flexibility index (Phi) is 5.20. The molecule has 0 saturated carbocycles. The second kappa shape index (κ2) is 6.47. The molecule has 0 saturated heterocycles. The van der Waals surface area contributed by atoms with E-state index in [0.717, 1.165) is 10.5 Å².